The van der Waals surface area contributed by atoms with E-state index in [2.05, 4.69) is 32.2 Å². The van der Waals surface area contributed by atoms with Crippen LogP contribution < -0.4 is 0 Å². The van der Waals surface area contributed by atoms with Gasteiger partial charge in [-0.2, -0.15) is 0 Å². The van der Waals surface area contributed by atoms with E-state index in [-0.39, 0.29) is 11.9 Å². The molecular formula is C18H25NO. The van der Waals surface area contributed by atoms with Crippen molar-refractivity contribution in [3.05, 3.63) is 61.2 Å². The molecule has 0 spiro atoms. The number of hydrogen-bond donors (Lipinski definition) is 0. The number of carbonyl (C=O) groups is 1. The minimum Gasteiger partial charge on any atom is -0.336 e. The molecule has 0 radical (unpaired) electrons. The molecule has 0 N–H and O–H groups in total. The third-order valence-corrected chi connectivity index (χ3v) is 3.49. The first-order chi connectivity index (χ1) is 9.63. The van der Waals surface area contributed by atoms with Gasteiger partial charge in [0.05, 0.1) is 6.04 Å². The quantitative estimate of drug-likeness (QED) is 0.745. The average Bonchev–Trinajstić information content (AvgIpc) is 2.81. The number of likely N-dealkylation sites (tertiary alicyclic amines) is 1. The van der Waals surface area contributed by atoms with Gasteiger partial charge in [-0.3, -0.25) is 4.79 Å². The molecule has 1 aliphatic heterocycles. The lowest BCUT2D eigenvalue weighted by atomic mass is 10.0. The predicted octanol–water partition coefficient (Wildman–Crippen LogP) is 4.36. The molecule has 1 saturated heterocycles. The molecule has 2 nitrogen and oxygen atoms in total. The molecule has 2 rings (SSSR count). The molecule has 108 valence electrons. The van der Waals surface area contributed by atoms with Crippen molar-refractivity contribution < 1.29 is 4.79 Å². The van der Waals surface area contributed by atoms with Gasteiger partial charge in [-0.1, -0.05) is 42.5 Å². The fraction of sp³-hybridized carbons (Fsp3) is 0.389. The van der Waals surface area contributed by atoms with E-state index in [1.54, 1.807) is 6.08 Å². The van der Waals surface area contributed by atoms with Crippen molar-refractivity contribution in [2.24, 2.45) is 5.92 Å². The van der Waals surface area contributed by atoms with Gasteiger partial charge in [-0.15, -0.1) is 13.2 Å². The maximum absolute atomic E-state index is 12.0. The van der Waals surface area contributed by atoms with Crippen LogP contribution in [0.5, 0.6) is 0 Å². The molecule has 1 amide bonds. The lowest BCUT2D eigenvalue weighted by Gasteiger charge is -2.25. The van der Waals surface area contributed by atoms with E-state index in [0.717, 1.165) is 13.0 Å². The Morgan fingerprint density at radius 3 is 2.50 bits per heavy atom. The first-order valence-corrected chi connectivity index (χ1v) is 7.16. The maximum Gasteiger partial charge on any atom is 0.223 e. The molecule has 0 aliphatic carbocycles. The van der Waals surface area contributed by atoms with Crippen molar-refractivity contribution in [1.29, 1.82) is 0 Å². The summed E-state index contributed by atoms with van der Waals surface area (Å²) in [7, 11) is 0. The maximum atomic E-state index is 12.0. The average molecular weight is 271 g/mol. The normalized spacial score (nSPS) is 19.0. The highest BCUT2D eigenvalue weighted by atomic mass is 16.2. The molecule has 1 aromatic rings. The minimum absolute atomic E-state index is 0.179. The Morgan fingerprint density at radius 1 is 1.35 bits per heavy atom. The zero-order valence-electron chi connectivity index (χ0n) is 12.6. The molecule has 0 aromatic heterocycles. The summed E-state index contributed by atoms with van der Waals surface area (Å²) >= 11 is 0. The second kappa shape index (κ2) is 8.36. The van der Waals surface area contributed by atoms with Crippen LogP contribution in [0.3, 0.4) is 0 Å². The number of benzene rings is 1. The minimum atomic E-state index is 0.179. The number of nitrogens with zero attached hydrogens (tertiary/aromatic N) is 1. The Bertz CT molecular complexity index is 438. The van der Waals surface area contributed by atoms with Crippen LogP contribution in [0, 0.1) is 5.92 Å². The Morgan fingerprint density at radius 2 is 1.95 bits per heavy atom. The van der Waals surface area contributed by atoms with Gasteiger partial charge in [-0.05, 0) is 31.7 Å². The van der Waals surface area contributed by atoms with Gasteiger partial charge in [0.25, 0.3) is 0 Å². The van der Waals surface area contributed by atoms with Crippen LogP contribution in [0.1, 0.15) is 38.3 Å². The third-order valence-electron chi connectivity index (χ3n) is 3.49. The van der Waals surface area contributed by atoms with Gasteiger partial charge in [-0.25, -0.2) is 0 Å². The van der Waals surface area contributed by atoms with Crippen molar-refractivity contribution in [2.45, 2.75) is 32.7 Å². The number of carbonyl (C=O) groups excluding carboxylic acids is 1. The topological polar surface area (TPSA) is 20.3 Å². The Balaban J connectivity index is 0.000000612. The zero-order valence-corrected chi connectivity index (χ0v) is 12.6. The number of amides is 1. The first-order valence-electron chi connectivity index (χ1n) is 7.16. The van der Waals surface area contributed by atoms with Gasteiger partial charge in [0.15, 0.2) is 0 Å². The van der Waals surface area contributed by atoms with Gasteiger partial charge >= 0.3 is 0 Å². The van der Waals surface area contributed by atoms with E-state index in [1.165, 1.54) is 5.56 Å². The van der Waals surface area contributed by atoms with Crippen molar-refractivity contribution in [1.82, 2.24) is 4.90 Å². The summed E-state index contributed by atoms with van der Waals surface area (Å²) < 4.78 is 0. The predicted molar refractivity (Wildman–Crippen MR) is 85.4 cm³/mol. The molecule has 1 aliphatic rings. The van der Waals surface area contributed by atoms with E-state index in [0.29, 0.717) is 12.3 Å². The first kappa shape index (κ1) is 16.2. The summed E-state index contributed by atoms with van der Waals surface area (Å²) in [5, 5.41) is 0. The molecular weight excluding hydrogens is 246 g/mol. The lowest BCUT2D eigenvalue weighted by molar-refractivity contribution is -0.129. The standard InChI is InChI=1S/C15H19NO.C3H6/c1-3-7-13-10-15(17)16(11-13)12(2)14-8-5-4-6-9-14;1-3-2/h3-6,8-9,12-13H,1,7,10-11H2,2H3;3H,1H2,2H3. The summed E-state index contributed by atoms with van der Waals surface area (Å²) in [6.45, 7) is 12.0. The summed E-state index contributed by atoms with van der Waals surface area (Å²) in [5.74, 6) is 0.722. The van der Waals surface area contributed by atoms with Crippen LogP contribution in [-0.4, -0.2) is 17.4 Å². The Kier molecular flexibility index (Phi) is 6.78. The van der Waals surface area contributed by atoms with Gasteiger partial charge in [0, 0.05) is 13.0 Å². The van der Waals surface area contributed by atoms with E-state index in [4.69, 9.17) is 0 Å². The fourth-order valence-electron chi connectivity index (χ4n) is 2.49. The van der Waals surface area contributed by atoms with Crippen LogP contribution >= 0.6 is 0 Å². The molecule has 1 heterocycles. The fourth-order valence-corrected chi connectivity index (χ4v) is 2.49. The lowest BCUT2D eigenvalue weighted by Crippen LogP contribution is -2.28. The molecule has 0 saturated carbocycles. The van der Waals surface area contributed by atoms with Crippen molar-refractivity contribution in [3.63, 3.8) is 0 Å². The number of hydrogen-bond acceptors (Lipinski definition) is 1. The monoisotopic (exact) mass is 271 g/mol. The van der Waals surface area contributed by atoms with Gasteiger partial charge < -0.3 is 4.90 Å². The summed E-state index contributed by atoms with van der Waals surface area (Å²) in [6, 6.07) is 10.4. The van der Waals surface area contributed by atoms with Crippen LogP contribution in [0.2, 0.25) is 0 Å². The summed E-state index contributed by atoms with van der Waals surface area (Å²) in [5.41, 5.74) is 1.21. The van der Waals surface area contributed by atoms with Crippen LogP contribution in [0.25, 0.3) is 0 Å². The SMILES string of the molecule is C=CC.C=CCC1CC(=O)N(C(C)c2ccccc2)C1. The number of allylic oxidation sites excluding steroid dienone is 2. The highest BCUT2D eigenvalue weighted by Gasteiger charge is 2.32. The Hall–Kier alpha value is -1.83. The molecule has 1 fully saturated rings. The van der Waals surface area contributed by atoms with Crippen LogP contribution in [0.4, 0.5) is 0 Å². The van der Waals surface area contributed by atoms with E-state index >= 15 is 0 Å². The van der Waals surface area contributed by atoms with E-state index in [9.17, 15) is 4.79 Å². The second-order valence-electron chi connectivity index (χ2n) is 5.14. The van der Waals surface area contributed by atoms with E-state index in [1.807, 2.05) is 36.1 Å². The van der Waals surface area contributed by atoms with Crippen molar-refractivity contribution in [3.8, 4) is 0 Å². The molecule has 20 heavy (non-hydrogen) atoms. The summed E-state index contributed by atoms with van der Waals surface area (Å²) in [4.78, 5) is 14.0. The molecule has 1 aromatic carbocycles. The zero-order chi connectivity index (χ0) is 15.0. The summed E-state index contributed by atoms with van der Waals surface area (Å²) in [6.07, 6.45) is 5.27. The molecule has 0 bridgehead atoms. The second-order valence-corrected chi connectivity index (χ2v) is 5.14. The molecule has 2 unspecified atom stereocenters. The molecule has 2 heteroatoms. The van der Waals surface area contributed by atoms with E-state index < -0.39 is 0 Å². The largest absolute Gasteiger partial charge is 0.336 e. The number of rotatable bonds is 4. The third kappa shape index (κ3) is 4.37. The molecule has 2 atom stereocenters. The van der Waals surface area contributed by atoms with Crippen LogP contribution in [0.15, 0.2) is 55.6 Å². The highest BCUT2D eigenvalue weighted by molar-refractivity contribution is 5.79. The van der Waals surface area contributed by atoms with Gasteiger partial charge in [0.1, 0.15) is 0 Å². The highest BCUT2D eigenvalue weighted by Crippen LogP contribution is 2.29. The van der Waals surface area contributed by atoms with Crippen LogP contribution in [-0.2, 0) is 4.79 Å². The van der Waals surface area contributed by atoms with Crippen molar-refractivity contribution in [2.75, 3.05) is 6.54 Å². The Labute approximate surface area is 122 Å². The van der Waals surface area contributed by atoms with Crippen molar-refractivity contribution >= 4 is 5.91 Å². The smallest absolute Gasteiger partial charge is 0.223 e. The van der Waals surface area contributed by atoms with Gasteiger partial charge in [0.2, 0.25) is 5.91 Å².